The molecule has 0 atom stereocenters. The van der Waals surface area contributed by atoms with E-state index in [0.717, 1.165) is 16.8 Å². The lowest BCUT2D eigenvalue weighted by Crippen LogP contribution is -2.12. The van der Waals surface area contributed by atoms with Crippen LogP contribution < -0.4 is 11.3 Å². The van der Waals surface area contributed by atoms with Crippen LogP contribution in [-0.4, -0.2) is 19.9 Å². The van der Waals surface area contributed by atoms with E-state index in [1.54, 1.807) is 12.3 Å². The van der Waals surface area contributed by atoms with Crippen molar-refractivity contribution in [1.82, 2.24) is 19.9 Å². The van der Waals surface area contributed by atoms with Crippen molar-refractivity contribution in [2.45, 2.75) is 6.92 Å². The topological polar surface area (TPSA) is 89.6 Å². The number of rotatable bonds is 3. The third-order valence-electron chi connectivity index (χ3n) is 3.14. The molecule has 0 fully saturated rings. The number of hydrogen-bond donors (Lipinski definition) is 2. The third kappa shape index (κ3) is 2.56. The van der Waals surface area contributed by atoms with Gasteiger partial charge in [0.2, 0.25) is 0 Å². The first kappa shape index (κ1) is 13.1. The smallest absolute Gasteiger partial charge is 0.180 e. The van der Waals surface area contributed by atoms with Gasteiger partial charge in [-0.1, -0.05) is 30.3 Å². The number of nitrogens with zero attached hydrogens (tertiary/aromatic N) is 4. The lowest BCUT2D eigenvalue weighted by Gasteiger charge is -2.11. The van der Waals surface area contributed by atoms with E-state index in [-0.39, 0.29) is 0 Å². The Kier molecular flexibility index (Phi) is 3.53. The summed E-state index contributed by atoms with van der Waals surface area (Å²) in [6.07, 6.45) is 3.12. The molecule has 0 saturated carbocycles. The second kappa shape index (κ2) is 5.64. The Morgan fingerprint density at radius 3 is 2.52 bits per heavy atom. The second-order valence-electron chi connectivity index (χ2n) is 4.47. The van der Waals surface area contributed by atoms with Crippen molar-refractivity contribution in [3.8, 4) is 22.8 Å². The van der Waals surface area contributed by atoms with Gasteiger partial charge in [-0.3, -0.25) is 0 Å². The molecule has 3 N–H and O–H groups in total. The van der Waals surface area contributed by atoms with Gasteiger partial charge in [0.15, 0.2) is 5.82 Å². The zero-order valence-electron chi connectivity index (χ0n) is 11.5. The summed E-state index contributed by atoms with van der Waals surface area (Å²) in [5.74, 6) is 6.66. The molecule has 0 unspecified atom stereocenters. The second-order valence-corrected chi connectivity index (χ2v) is 4.47. The molecule has 3 rings (SSSR count). The quantitative estimate of drug-likeness (QED) is 0.564. The van der Waals surface area contributed by atoms with Gasteiger partial charge in [0.1, 0.15) is 17.8 Å². The van der Waals surface area contributed by atoms with Gasteiger partial charge in [-0.05, 0) is 13.0 Å². The minimum Gasteiger partial charge on any atom is -0.308 e. The van der Waals surface area contributed by atoms with Gasteiger partial charge in [0.05, 0.1) is 5.69 Å². The number of hydrazine groups is 1. The average molecular weight is 278 g/mol. The predicted octanol–water partition coefficient (Wildman–Crippen LogP) is 2.19. The van der Waals surface area contributed by atoms with E-state index in [1.165, 1.54) is 6.33 Å². The van der Waals surface area contributed by atoms with E-state index in [9.17, 15) is 0 Å². The number of anilines is 1. The SMILES string of the molecule is Cc1c(NN)nc(-c2ccncn2)nc1-c1ccccc1. The molecule has 0 aliphatic carbocycles. The monoisotopic (exact) mass is 278 g/mol. The molecule has 0 radical (unpaired) electrons. The number of hydrogen-bond acceptors (Lipinski definition) is 6. The van der Waals surface area contributed by atoms with Crippen LogP contribution in [-0.2, 0) is 0 Å². The molecule has 0 amide bonds. The number of benzene rings is 1. The van der Waals surface area contributed by atoms with Gasteiger partial charge in [-0.25, -0.2) is 25.8 Å². The Labute approximate surface area is 122 Å². The van der Waals surface area contributed by atoms with E-state index in [2.05, 4.69) is 25.4 Å². The summed E-state index contributed by atoms with van der Waals surface area (Å²) in [5.41, 5.74) is 5.99. The fourth-order valence-electron chi connectivity index (χ4n) is 2.07. The number of nitrogens with two attached hydrogens (primary N) is 1. The Morgan fingerprint density at radius 2 is 1.86 bits per heavy atom. The highest BCUT2D eigenvalue weighted by molar-refractivity contribution is 5.70. The van der Waals surface area contributed by atoms with Crippen LogP contribution in [0.15, 0.2) is 48.9 Å². The van der Waals surface area contributed by atoms with Crippen LogP contribution in [0.2, 0.25) is 0 Å². The number of aromatic nitrogens is 4. The number of nitrogen functional groups attached to an aromatic ring is 1. The highest BCUT2D eigenvalue weighted by Gasteiger charge is 2.13. The summed E-state index contributed by atoms with van der Waals surface area (Å²) >= 11 is 0. The molecule has 3 aromatic rings. The van der Waals surface area contributed by atoms with Crippen LogP contribution in [0, 0.1) is 6.92 Å². The predicted molar refractivity (Wildman–Crippen MR) is 81.0 cm³/mol. The Hall–Kier alpha value is -2.86. The van der Waals surface area contributed by atoms with Crippen molar-refractivity contribution in [2.75, 3.05) is 5.43 Å². The minimum atomic E-state index is 0.509. The molecule has 104 valence electrons. The minimum absolute atomic E-state index is 0.509. The lowest BCUT2D eigenvalue weighted by atomic mass is 10.1. The molecule has 21 heavy (non-hydrogen) atoms. The normalized spacial score (nSPS) is 10.4. The Bertz CT molecular complexity index is 743. The first-order valence-corrected chi connectivity index (χ1v) is 6.46. The van der Waals surface area contributed by atoms with E-state index >= 15 is 0 Å². The van der Waals surface area contributed by atoms with Crippen molar-refractivity contribution in [2.24, 2.45) is 5.84 Å². The summed E-state index contributed by atoms with van der Waals surface area (Å²) in [6.45, 7) is 1.93. The van der Waals surface area contributed by atoms with E-state index in [0.29, 0.717) is 17.3 Å². The summed E-state index contributed by atoms with van der Waals surface area (Å²) in [7, 11) is 0. The lowest BCUT2D eigenvalue weighted by molar-refractivity contribution is 1.08. The molecule has 0 bridgehead atoms. The van der Waals surface area contributed by atoms with Crippen molar-refractivity contribution >= 4 is 5.82 Å². The highest BCUT2D eigenvalue weighted by atomic mass is 15.3. The van der Waals surface area contributed by atoms with Gasteiger partial charge in [0.25, 0.3) is 0 Å². The summed E-state index contributed by atoms with van der Waals surface area (Å²) in [6, 6.07) is 11.7. The Morgan fingerprint density at radius 1 is 1.05 bits per heavy atom. The third-order valence-corrected chi connectivity index (χ3v) is 3.14. The zero-order valence-corrected chi connectivity index (χ0v) is 11.5. The van der Waals surface area contributed by atoms with Gasteiger partial charge < -0.3 is 5.43 Å². The van der Waals surface area contributed by atoms with Crippen molar-refractivity contribution in [1.29, 1.82) is 0 Å². The maximum atomic E-state index is 5.57. The largest absolute Gasteiger partial charge is 0.308 e. The van der Waals surface area contributed by atoms with Gasteiger partial charge in [-0.15, -0.1) is 0 Å². The van der Waals surface area contributed by atoms with Crippen molar-refractivity contribution in [3.05, 3.63) is 54.5 Å². The molecule has 0 aliphatic heterocycles. The fraction of sp³-hybridized carbons (Fsp3) is 0.0667. The molecule has 0 spiro atoms. The molecule has 6 nitrogen and oxygen atoms in total. The van der Waals surface area contributed by atoms with Crippen LogP contribution in [0.3, 0.4) is 0 Å². The molecule has 0 saturated heterocycles. The van der Waals surface area contributed by atoms with E-state index in [4.69, 9.17) is 5.84 Å². The molecular formula is C15H14N6. The molecule has 1 aromatic carbocycles. The summed E-state index contributed by atoms with van der Waals surface area (Å²) < 4.78 is 0. The summed E-state index contributed by atoms with van der Waals surface area (Å²) in [4.78, 5) is 17.1. The fourth-order valence-corrected chi connectivity index (χ4v) is 2.07. The molecule has 2 aromatic heterocycles. The van der Waals surface area contributed by atoms with Gasteiger partial charge in [0, 0.05) is 17.3 Å². The molecule has 0 aliphatic rings. The first-order chi connectivity index (χ1) is 10.3. The van der Waals surface area contributed by atoms with E-state index < -0.39 is 0 Å². The first-order valence-electron chi connectivity index (χ1n) is 6.46. The van der Waals surface area contributed by atoms with Crippen LogP contribution in [0.5, 0.6) is 0 Å². The van der Waals surface area contributed by atoms with Crippen LogP contribution in [0.4, 0.5) is 5.82 Å². The maximum Gasteiger partial charge on any atom is 0.180 e. The van der Waals surface area contributed by atoms with Crippen molar-refractivity contribution in [3.63, 3.8) is 0 Å². The van der Waals surface area contributed by atoms with Gasteiger partial charge in [-0.2, -0.15) is 0 Å². The molecule has 6 heteroatoms. The van der Waals surface area contributed by atoms with Crippen LogP contribution >= 0.6 is 0 Å². The average Bonchev–Trinajstić information content (AvgIpc) is 2.56. The van der Waals surface area contributed by atoms with Crippen molar-refractivity contribution < 1.29 is 0 Å². The van der Waals surface area contributed by atoms with E-state index in [1.807, 2.05) is 37.3 Å². The molecule has 2 heterocycles. The molecular weight excluding hydrogens is 264 g/mol. The van der Waals surface area contributed by atoms with Crippen LogP contribution in [0.1, 0.15) is 5.56 Å². The van der Waals surface area contributed by atoms with Gasteiger partial charge >= 0.3 is 0 Å². The standard InChI is InChI=1S/C15H14N6/c1-10-13(11-5-3-2-4-6-11)19-15(20-14(10)21-16)12-7-8-17-9-18-12/h2-9H,16H2,1H3,(H,19,20,21). The van der Waals surface area contributed by atoms with Crippen LogP contribution in [0.25, 0.3) is 22.8 Å². The highest BCUT2D eigenvalue weighted by Crippen LogP contribution is 2.27. The number of nitrogens with one attached hydrogen (secondary N) is 1. The zero-order chi connectivity index (χ0) is 14.7. The Balaban J connectivity index is 2.21. The summed E-state index contributed by atoms with van der Waals surface area (Å²) in [5, 5.41) is 0. The maximum absolute atomic E-state index is 5.57.